The molecule has 0 N–H and O–H groups in total. The Kier molecular flexibility index (Phi) is 5.54. The predicted octanol–water partition coefficient (Wildman–Crippen LogP) is -0.955. The summed E-state index contributed by atoms with van der Waals surface area (Å²) in [7, 11) is 0. The monoisotopic (exact) mass is 403 g/mol. The molecule has 1 atom stereocenters. The SMILES string of the molecule is CC1=CCC(c2cccc3c2[CH]([Zr+2])c2ccccc2-3)=C1.[Cl-].[Cl-]. The van der Waals surface area contributed by atoms with Crippen LogP contribution in [0.5, 0.6) is 0 Å². The van der Waals surface area contributed by atoms with E-state index in [1.165, 1.54) is 33.4 Å². The summed E-state index contributed by atoms with van der Waals surface area (Å²) >= 11 is 1.58. The molecule has 0 saturated heterocycles. The van der Waals surface area contributed by atoms with E-state index in [2.05, 4.69) is 61.5 Å². The largest absolute Gasteiger partial charge is 1.00 e. The molecule has 0 radical (unpaired) electrons. The molecule has 2 aromatic carbocycles. The summed E-state index contributed by atoms with van der Waals surface area (Å²) in [5.74, 6) is 0. The van der Waals surface area contributed by atoms with Gasteiger partial charge in [-0.25, -0.2) is 0 Å². The van der Waals surface area contributed by atoms with Crippen molar-refractivity contribution < 1.29 is 49.5 Å². The van der Waals surface area contributed by atoms with Crippen LogP contribution < -0.4 is 24.8 Å². The van der Waals surface area contributed by atoms with Crippen LogP contribution in [-0.4, -0.2) is 0 Å². The maximum atomic E-state index is 2.35. The van der Waals surface area contributed by atoms with E-state index in [0.717, 1.165) is 6.42 Å². The van der Waals surface area contributed by atoms with Gasteiger partial charge in [0.15, 0.2) is 0 Å². The summed E-state index contributed by atoms with van der Waals surface area (Å²) in [6.45, 7) is 2.19. The van der Waals surface area contributed by atoms with Crippen LogP contribution in [0.2, 0.25) is 0 Å². The molecule has 0 heterocycles. The quantitative estimate of drug-likeness (QED) is 0.574. The zero-order chi connectivity index (χ0) is 13.7. The van der Waals surface area contributed by atoms with Crippen molar-refractivity contribution in [3.63, 3.8) is 0 Å². The summed E-state index contributed by atoms with van der Waals surface area (Å²) in [6, 6.07) is 15.7. The molecule has 109 valence electrons. The molecular weight excluding hydrogens is 390 g/mol. The van der Waals surface area contributed by atoms with E-state index >= 15 is 0 Å². The van der Waals surface area contributed by atoms with Gasteiger partial charge in [-0.3, -0.25) is 0 Å². The smallest absolute Gasteiger partial charge is 1.00 e. The second-order valence-corrected chi connectivity index (χ2v) is 7.03. The Morgan fingerprint density at radius 3 is 2.32 bits per heavy atom. The molecule has 0 nitrogen and oxygen atoms in total. The molecule has 0 spiro atoms. The minimum atomic E-state index is 0. The zero-order valence-electron chi connectivity index (χ0n) is 12.2. The summed E-state index contributed by atoms with van der Waals surface area (Å²) < 4.78 is 0.589. The second kappa shape index (κ2) is 6.87. The molecular formula is C19H15Cl2Zr. The maximum absolute atomic E-state index is 2.35. The van der Waals surface area contributed by atoms with Crippen LogP contribution >= 0.6 is 0 Å². The van der Waals surface area contributed by atoms with Gasteiger partial charge >= 0.3 is 135 Å². The Morgan fingerprint density at radius 1 is 0.909 bits per heavy atom. The topological polar surface area (TPSA) is 0 Å². The fourth-order valence-electron chi connectivity index (χ4n) is 3.39. The first-order valence-electron chi connectivity index (χ1n) is 7.07. The molecule has 2 aliphatic carbocycles. The number of allylic oxidation sites excluding steroid dienone is 4. The molecule has 2 aromatic rings. The van der Waals surface area contributed by atoms with Crippen molar-refractivity contribution in [2.24, 2.45) is 0 Å². The normalized spacial score (nSPS) is 17.7. The van der Waals surface area contributed by atoms with Crippen LogP contribution in [0, 0.1) is 0 Å². The Balaban J connectivity index is 0.000000882. The number of hydrogen-bond donors (Lipinski definition) is 0. The molecule has 0 bridgehead atoms. The first kappa shape index (κ1) is 17.7. The van der Waals surface area contributed by atoms with E-state index in [-0.39, 0.29) is 24.8 Å². The fraction of sp³-hybridized carbons (Fsp3) is 0.158. The maximum Gasteiger partial charge on any atom is -1.00 e. The number of hydrogen-bond acceptors (Lipinski definition) is 0. The van der Waals surface area contributed by atoms with E-state index < -0.39 is 0 Å². The Morgan fingerprint density at radius 2 is 1.59 bits per heavy atom. The molecule has 0 amide bonds. The molecule has 4 rings (SSSR count). The molecule has 0 saturated carbocycles. The number of halogens is 2. The first-order chi connectivity index (χ1) is 9.75. The molecule has 22 heavy (non-hydrogen) atoms. The van der Waals surface area contributed by atoms with Crippen molar-refractivity contribution in [3.05, 3.63) is 76.9 Å². The summed E-state index contributed by atoms with van der Waals surface area (Å²) in [4.78, 5) is 0. The van der Waals surface area contributed by atoms with Gasteiger partial charge in [-0.05, 0) is 0 Å². The van der Waals surface area contributed by atoms with Gasteiger partial charge in [-0.15, -0.1) is 0 Å². The zero-order valence-corrected chi connectivity index (χ0v) is 16.2. The fourth-order valence-corrected chi connectivity index (χ4v) is 4.78. The third kappa shape index (κ3) is 2.69. The molecule has 3 heteroatoms. The van der Waals surface area contributed by atoms with Gasteiger partial charge in [0, 0.05) is 0 Å². The molecule has 1 unspecified atom stereocenters. The van der Waals surface area contributed by atoms with Gasteiger partial charge in [0.05, 0.1) is 0 Å². The summed E-state index contributed by atoms with van der Waals surface area (Å²) in [5, 5.41) is 0. The van der Waals surface area contributed by atoms with Crippen LogP contribution in [0.25, 0.3) is 16.7 Å². The third-order valence-electron chi connectivity index (χ3n) is 4.35. The van der Waals surface area contributed by atoms with Crippen LogP contribution in [0.4, 0.5) is 0 Å². The van der Waals surface area contributed by atoms with Crippen molar-refractivity contribution in [2.75, 3.05) is 0 Å². The van der Waals surface area contributed by atoms with E-state index in [1.807, 2.05) is 0 Å². The number of benzene rings is 2. The van der Waals surface area contributed by atoms with Gasteiger partial charge in [0.2, 0.25) is 0 Å². The van der Waals surface area contributed by atoms with E-state index in [4.69, 9.17) is 0 Å². The van der Waals surface area contributed by atoms with Crippen molar-refractivity contribution in [1.29, 1.82) is 0 Å². The molecule has 0 aliphatic heterocycles. The van der Waals surface area contributed by atoms with Gasteiger partial charge in [0.1, 0.15) is 0 Å². The average molecular weight is 405 g/mol. The van der Waals surface area contributed by atoms with Crippen molar-refractivity contribution in [3.8, 4) is 11.1 Å². The van der Waals surface area contributed by atoms with E-state index in [9.17, 15) is 0 Å². The van der Waals surface area contributed by atoms with Crippen molar-refractivity contribution in [1.82, 2.24) is 0 Å². The van der Waals surface area contributed by atoms with Gasteiger partial charge in [0.25, 0.3) is 0 Å². The van der Waals surface area contributed by atoms with Crippen LogP contribution in [0.3, 0.4) is 0 Å². The number of rotatable bonds is 1. The number of fused-ring (bicyclic) bond motifs is 3. The van der Waals surface area contributed by atoms with E-state index in [1.54, 1.807) is 30.3 Å². The minimum absolute atomic E-state index is 0. The molecule has 2 aliphatic rings. The summed E-state index contributed by atoms with van der Waals surface area (Å²) in [5.41, 5.74) is 10.3. The Bertz CT molecular complexity index is 775. The van der Waals surface area contributed by atoms with Gasteiger partial charge in [-0.1, -0.05) is 0 Å². The van der Waals surface area contributed by atoms with Crippen molar-refractivity contribution >= 4 is 5.57 Å². The Labute approximate surface area is 159 Å². The van der Waals surface area contributed by atoms with Crippen LogP contribution in [0.1, 0.15) is 33.7 Å². The van der Waals surface area contributed by atoms with Crippen LogP contribution in [-0.2, 0) is 24.7 Å². The second-order valence-electron chi connectivity index (χ2n) is 5.61. The predicted molar refractivity (Wildman–Crippen MR) is 80.1 cm³/mol. The van der Waals surface area contributed by atoms with Gasteiger partial charge < -0.3 is 24.8 Å². The van der Waals surface area contributed by atoms with Gasteiger partial charge in [-0.2, -0.15) is 0 Å². The summed E-state index contributed by atoms with van der Waals surface area (Å²) in [6.07, 6.45) is 5.76. The van der Waals surface area contributed by atoms with E-state index in [0.29, 0.717) is 3.63 Å². The first-order valence-corrected chi connectivity index (χ1v) is 8.48. The molecule has 0 fully saturated rings. The third-order valence-corrected chi connectivity index (χ3v) is 5.82. The average Bonchev–Trinajstić information content (AvgIpc) is 3.03. The molecule has 0 aromatic heterocycles. The standard InChI is InChI=1S/C19H15.2ClH.Zr/c1-13-9-10-15(11-13)17-7-4-8-18-16-6-3-2-5-14(16)12-19(17)18;;;/h2-9,11-12H,10H2,1H3;2*1H;/q;;;+2/p-2. The van der Waals surface area contributed by atoms with Crippen LogP contribution in [0.15, 0.2) is 60.2 Å². The minimum Gasteiger partial charge on any atom is -1.00 e. The van der Waals surface area contributed by atoms with Crippen molar-refractivity contribution in [2.45, 2.75) is 17.0 Å². The Hall–Kier alpha value is -0.617.